The van der Waals surface area contributed by atoms with Crippen LogP contribution in [0.4, 0.5) is 0 Å². The molecule has 0 saturated heterocycles. The number of aromatic nitrogens is 2. The molecule has 0 atom stereocenters. The van der Waals surface area contributed by atoms with Gasteiger partial charge >= 0.3 is 5.97 Å². The van der Waals surface area contributed by atoms with E-state index in [1.54, 1.807) is 6.92 Å². The summed E-state index contributed by atoms with van der Waals surface area (Å²) >= 11 is 0. The second-order valence-corrected chi connectivity index (χ2v) is 3.86. The van der Waals surface area contributed by atoms with Gasteiger partial charge in [0.05, 0.1) is 12.2 Å². The van der Waals surface area contributed by atoms with Gasteiger partial charge in [-0.3, -0.25) is 0 Å². The first-order chi connectivity index (χ1) is 8.54. The van der Waals surface area contributed by atoms with Crippen LogP contribution in [-0.2, 0) is 4.74 Å². The van der Waals surface area contributed by atoms with Gasteiger partial charge in [-0.25, -0.2) is 4.79 Å². The van der Waals surface area contributed by atoms with Crippen molar-refractivity contribution in [1.82, 2.24) is 10.1 Å². The molecule has 0 radical (unpaired) electrons. The number of rotatable bonds is 3. The first kappa shape index (κ1) is 12.3. The van der Waals surface area contributed by atoms with Gasteiger partial charge in [0.2, 0.25) is 0 Å². The predicted molar refractivity (Wildman–Crippen MR) is 62.2 cm³/mol. The zero-order chi connectivity index (χ0) is 13.3. The third-order valence-corrected chi connectivity index (χ3v) is 2.66. The van der Waals surface area contributed by atoms with Gasteiger partial charge in [-0.15, -0.1) is 0 Å². The molecule has 96 valence electrons. The summed E-state index contributed by atoms with van der Waals surface area (Å²) in [6, 6.07) is 0. The second kappa shape index (κ2) is 4.64. The lowest BCUT2D eigenvalue weighted by atomic mass is 10.1. The molecule has 0 bridgehead atoms. The van der Waals surface area contributed by atoms with Gasteiger partial charge in [-0.2, -0.15) is 4.98 Å². The van der Waals surface area contributed by atoms with Gasteiger partial charge in [0, 0.05) is 5.56 Å². The van der Waals surface area contributed by atoms with Gasteiger partial charge in [0.25, 0.3) is 11.7 Å². The smallest absolute Gasteiger partial charge is 0.379 e. The molecular weight excluding hydrogens is 236 g/mol. The molecular formula is C12H14N2O4. The fraction of sp³-hybridized carbons (Fsp3) is 0.417. The van der Waals surface area contributed by atoms with Crippen LogP contribution in [0.2, 0.25) is 0 Å². The molecule has 0 aliphatic rings. The SMILES string of the molecule is CCOC(=O)c1noc(-c2c(C)oc(C)c2C)n1. The number of ether oxygens (including phenoxy) is 1. The average molecular weight is 250 g/mol. The highest BCUT2D eigenvalue weighted by Gasteiger charge is 2.22. The zero-order valence-corrected chi connectivity index (χ0v) is 10.7. The maximum Gasteiger partial charge on any atom is 0.379 e. The second-order valence-electron chi connectivity index (χ2n) is 3.86. The average Bonchev–Trinajstić information content (AvgIpc) is 2.86. The first-order valence-electron chi connectivity index (χ1n) is 5.62. The Morgan fingerprint density at radius 3 is 2.56 bits per heavy atom. The van der Waals surface area contributed by atoms with Crippen molar-refractivity contribution in [2.75, 3.05) is 6.61 Å². The van der Waals surface area contributed by atoms with Crippen LogP contribution in [0.3, 0.4) is 0 Å². The van der Waals surface area contributed by atoms with Gasteiger partial charge in [-0.1, -0.05) is 0 Å². The van der Waals surface area contributed by atoms with Crippen molar-refractivity contribution in [3.8, 4) is 11.5 Å². The van der Waals surface area contributed by atoms with Crippen LogP contribution >= 0.6 is 0 Å². The number of carbonyl (C=O) groups is 1. The number of furan rings is 1. The van der Waals surface area contributed by atoms with Crippen LogP contribution in [0.1, 0.15) is 34.6 Å². The van der Waals surface area contributed by atoms with Crippen LogP contribution in [0.15, 0.2) is 8.94 Å². The van der Waals surface area contributed by atoms with E-state index in [1.807, 2.05) is 20.8 Å². The molecule has 0 aromatic carbocycles. The quantitative estimate of drug-likeness (QED) is 0.778. The van der Waals surface area contributed by atoms with Crippen molar-refractivity contribution < 1.29 is 18.5 Å². The third-order valence-electron chi connectivity index (χ3n) is 2.66. The molecule has 2 rings (SSSR count). The maximum absolute atomic E-state index is 11.4. The highest BCUT2D eigenvalue weighted by atomic mass is 16.5. The summed E-state index contributed by atoms with van der Waals surface area (Å²) in [5, 5.41) is 3.60. The van der Waals surface area contributed by atoms with E-state index in [9.17, 15) is 4.79 Å². The Morgan fingerprint density at radius 2 is 2.00 bits per heavy atom. The molecule has 0 amide bonds. The Balaban J connectivity index is 2.38. The topological polar surface area (TPSA) is 78.4 Å². The number of hydrogen-bond acceptors (Lipinski definition) is 6. The third kappa shape index (κ3) is 2.01. The van der Waals surface area contributed by atoms with Crippen molar-refractivity contribution in [2.24, 2.45) is 0 Å². The van der Waals surface area contributed by atoms with E-state index in [2.05, 4.69) is 10.1 Å². The van der Waals surface area contributed by atoms with Crippen LogP contribution in [0, 0.1) is 20.8 Å². The molecule has 18 heavy (non-hydrogen) atoms. The largest absolute Gasteiger partial charge is 0.466 e. The standard InChI is InChI=1S/C12H14N2O4/c1-5-16-12(15)10-13-11(18-14-10)9-6(2)7(3)17-8(9)4/h5H2,1-4H3. The number of esters is 1. The molecule has 6 nitrogen and oxygen atoms in total. The minimum Gasteiger partial charge on any atom is -0.466 e. The minimum absolute atomic E-state index is 0.0792. The molecule has 2 heterocycles. The summed E-state index contributed by atoms with van der Waals surface area (Å²) in [7, 11) is 0. The lowest BCUT2D eigenvalue weighted by Crippen LogP contribution is -2.06. The van der Waals surface area contributed by atoms with Crippen molar-refractivity contribution >= 4 is 5.97 Å². The van der Waals surface area contributed by atoms with E-state index in [0.29, 0.717) is 5.76 Å². The Bertz CT molecular complexity index is 583. The zero-order valence-electron chi connectivity index (χ0n) is 10.7. The Labute approximate surface area is 104 Å². The summed E-state index contributed by atoms with van der Waals surface area (Å²) in [4.78, 5) is 15.5. The van der Waals surface area contributed by atoms with E-state index in [4.69, 9.17) is 13.7 Å². The summed E-state index contributed by atoms with van der Waals surface area (Å²) in [5.74, 6) is 1.07. The van der Waals surface area contributed by atoms with E-state index in [-0.39, 0.29) is 18.3 Å². The summed E-state index contributed by atoms with van der Waals surface area (Å²) in [6.07, 6.45) is 0. The summed E-state index contributed by atoms with van der Waals surface area (Å²) in [6.45, 7) is 7.55. The van der Waals surface area contributed by atoms with E-state index in [1.165, 1.54) is 0 Å². The molecule has 0 aliphatic heterocycles. The monoisotopic (exact) mass is 250 g/mol. The number of nitrogens with zero attached hydrogens (tertiary/aromatic N) is 2. The van der Waals surface area contributed by atoms with Crippen molar-refractivity contribution in [3.63, 3.8) is 0 Å². The molecule has 0 spiro atoms. The molecule has 0 unspecified atom stereocenters. The van der Waals surface area contributed by atoms with Gasteiger partial charge in [-0.05, 0) is 32.9 Å². The Kier molecular flexibility index (Phi) is 3.18. The normalized spacial score (nSPS) is 10.7. The first-order valence-corrected chi connectivity index (χ1v) is 5.62. The van der Waals surface area contributed by atoms with Gasteiger partial charge in [0.15, 0.2) is 0 Å². The molecule has 6 heteroatoms. The molecule has 0 N–H and O–H groups in total. The van der Waals surface area contributed by atoms with Crippen LogP contribution in [0.5, 0.6) is 0 Å². The van der Waals surface area contributed by atoms with Crippen LogP contribution < -0.4 is 0 Å². The van der Waals surface area contributed by atoms with Crippen molar-refractivity contribution in [2.45, 2.75) is 27.7 Å². The number of aryl methyl sites for hydroxylation is 2. The Morgan fingerprint density at radius 1 is 1.28 bits per heavy atom. The maximum atomic E-state index is 11.4. The fourth-order valence-electron chi connectivity index (χ4n) is 1.71. The lowest BCUT2D eigenvalue weighted by molar-refractivity contribution is 0.0508. The highest BCUT2D eigenvalue weighted by molar-refractivity contribution is 5.85. The lowest BCUT2D eigenvalue weighted by Gasteiger charge is -1.94. The Hall–Kier alpha value is -2.11. The predicted octanol–water partition coefficient (Wildman–Crippen LogP) is 2.43. The van der Waals surface area contributed by atoms with E-state index in [0.717, 1.165) is 16.9 Å². The molecule has 2 aromatic heterocycles. The molecule has 0 saturated carbocycles. The molecule has 0 aliphatic carbocycles. The van der Waals surface area contributed by atoms with Crippen LogP contribution in [-0.4, -0.2) is 22.7 Å². The van der Waals surface area contributed by atoms with E-state index < -0.39 is 5.97 Å². The molecule has 2 aromatic rings. The van der Waals surface area contributed by atoms with Crippen molar-refractivity contribution in [1.29, 1.82) is 0 Å². The molecule has 0 fully saturated rings. The van der Waals surface area contributed by atoms with Gasteiger partial charge in [0.1, 0.15) is 11.5 Å². The van der Waals surface area contributed by atoms with Crippen molar-refractivity contribution in [3.05, 3.63) is 22.9 Å². The summed E-state index contributed by atoms with van der Waals surface area (Å²) in [5.41, 5.74) is 1.65. The minimum atomic E-state index is -0.594. The number of hydrogen-bond donors (Lipinski definition) is 0. The highest BCUT2D eigenvalue weighted by Crippen LogP contribution is 2.30. The fourth-order valence-corrected chi connectivity index (χ4v) is 1.71. The van der Waals surface area contributed by atoms with Gasteiger partial charge < -0.3 is 13.7 Å². The van der Waals surface area contributed by atoms with E-state index >= 15 is 0 Å². The summed E-state index contributed by atoms with van der Waals surface area (Å²) < 4.78 is 15.3. The number of carbonyl (C=O) groups excluding carboxylic acids is 1. The van der Waals surface area contributed by atoms with Crippen LogP contribution in [0.25, 0.3) is 11.5 Å².